The zero-order valence-corrected chi connectivity index (χ0v) is 15.5. The van der Waals surface area contributed by atoms with Gasteiger partial charge < -0.3 is 10.3 Å². The molecule has 2 aromatic carbocycles. The van der Waals surface area contributed by atoms with Crippen LogP contribution in [-0.2, 0) is 18.3 Å². The molecule has 0 unspecified atom stereocenters. The van der Waals surface area contributed by atoms with Crippen LogP contribution in [0, 0.1) is 5.82 Å². The molecule has 1 aliphatic rings. The van der Waals surface area contributed by atoms with Gasteiger partial charge in [-0.3, -0.25) is 4.79 Å². The van der Waals surface area contributed by atoms with Gasteiger partial charge in [-0.05, 0) is 48.2 Å². The average molecular weight is 385 g/mol. The molecule has 0 radical (unpaired) electrons. The first-order valence-corrected chi connectivity index (χ1v) is 9.15. The minimum absolute atomic E-state index is 0.224. The predicted octanol–water partition coefficient (Wildman–Crippen LogP) is 3.54. The van der Waals surface area contributed by atoms with Gasteiger partial charge in [-0.2, -0.15) is 0 Å². The van der Waals surface area contributed by atoms with Gasteiger partial charge in [-0.25, -0.2) is 4.39 Å². The van der Waals surface area contributed by atoms with E-state index < -0.39 is 5.91 Å². The number of carbonyl (C=O) groups excluding carboxylic acids is 1. The Morgan fingerprint density at radius 2 is 1.93 bits per heavy atom. The average Bonchev–Trinajstić information content (AvgIpc) is 3.38. The van der Waals surface area contributed by atoms with Crippen molar-refractivity contribution in [2.24, 2.45) is 12.8 Å². The van der Waals surface area contributed by atoms with E-state index in [9.17, 15) is 9.18 Å². The van der Waals surface area contributed by atoms with Crippen LogP contribution in [0.15, 0.2) is 42.5 Å². The van der Waals surface area contributed by atoms with Crippen molar-refractivity contribution in [1.29, 1.82) is 0 Å². The molecule has 2 N–H and O–H groups in total. The van der Waals surface area contributed by atoms with E-state index in [1.54, 1.807) is 18.2 Å². The predicted molar refractivity (Wildman–Crippen MR) is 101 cm³/mol. The fourth-order valence-corrected chi connectivity index (χ4v) is 3.81. The largest absolute Gasteiger partial charge is 0.366 e. The topological polar surface area (TPSA) is 73.8 Å². The minimum Gasteiger partial charge on any atom is -0.366 e. The molecule has 7 heteroatoms. The summed E-state index contributed by atoms with van der Waals surface area (Å²) in [4.78, 5) is 11.4. The van der Waals surface area contributed by atoms with E-state index in [0.717, 1.165) is 35.4 Å². The molecule has 1 amide bonds. The van der Waals surface area contributed by atoms with E-state index >= 15 is 0 Å². The van der Waals surface area contributed by atoms with Gasteiger partial charge in [0.15, 0.2) is 5.82 Å². The lowest BCUT2D eigenvalue weighted by molar-refractivity contribution is 0.1000. The fraction of sp³-hybridized carbons (Fsp3) is 0.250. The normalized spacial score (nSPS) is 14.9. The van der Waals surface area contributed by atoms with E-state index in [1.165, 1.54) is 12.1 Å². The molecule has 0 spiro atoms. The Balaban J connectivity index is 1.77. The molecule has 4 rings (SSSR count). The van der Waals surface area contributed by atoms with E-state index in [2.05, 4.69) is 10.2 Å². The second-order valence-electron chi connectivity index (χ2n) is 6.87. The first kappa shape index (κ1) is 17.7. The summed E-state index contributed by atoms with van der Waals surface area (Å²) in [6, 6.07) is 11.7. The van der Waals surface area contributed by atoms with Crippen LogP contribution < -0.4 is 5.73 Å². The highest BCUT2D eigenvalue weighted by atomic mass is 35.5. The van der Waals surface area contributed by atoms with Crippen molar-refractivity contribution >= 4 is 17.5 Å². The van der Waals surface area contributed by atoms with Gasteiger partial charge in [0, 0.05) is 24.1 Å². The second kappa shape index (κ2) is 6.46. The van der Waals surface area contributed by atoms with Crippen molar-refractivity contribution in [3.63, 3.8) is 0 Å². The highest BCUT2D eigenvalue weighted by molar-refractivity contribution is 6.17. The number of nitrogens with zero attached hydrogens (tertiary/aromatic N) is 3. The maximum Gasteiger partial charge on any atom is 0.248 e. The summed E-state index contributed by atoms with van der Waals surface area (Å²) in [5.41, 5.74) is 8.14. The number of hydrogen-bond donors (Lipinski definition) is 1. The third kappa shape index (κ3) is 2.90. The third-order valence-electron chi connectivity index (χ3n) is 5.22. The number of hydrogen-bond acceptors (Lipinski definition) is 3. The maximum absolute atomic E-state index is 13.3. The van der Waals surface area contributed by atoms with Crippen LogP contribution >= 0.6 is 11.6 Å². The summed E-state index contributed by atoms with van der Waals surface area (Å²) in [5.74, 6) is 0.977. The highest BCUT2D eigenvalue weighted by Gasteiger charge is 2.50. The number of halogens is 2. The Bertz CT molecular complexity index is 1020. The van der Waals surface area contributed by atoms with E-state index in [0.29, 0.717) is 11.4 Å². The molecule has 0 bridgehead atoms. The Morgan fingerprint density at radius 1 is 1.22 bits per heavy atom. The van der Waals surface area contributed by atoms with Crippen LogP contribution in [0.1, 0.15) is 40.2 Å². The van der Waals surface area contributed by atoms with E-state index in [-0.39, 0.29) is 17.1 Å². The molecule has 1 saturated carbocycles. The molecule has 5 nitrogen and oxygen atoms in total. The molecule has 3 aromatic rings. The molecule has 27 heavy (non-hydrogen) atoms. The number of carbonyl (C=O) groups is 1. The summed E-state index contributed by atoms with van der Waals surface area (Å²) in [5, 5.41) is 8.83. The van der Waals surface area contributed by atoms with Gasteiger partial charge in [0.25, 0.3) is 0 Å². The van der Waals surface area contributed by atoms with E-state index in [1.807, 2.05) is 23.7 Å². The van der Waals surface area contributed by atoms with Crippen LogP contribution in [-0.4, -0.2) is 20.7 Å². The zero-order chi connectivity index (χ0) is 19.2. The Morgan fingerprint density at radius 3 is 2.52 bits per heavy atom. The van der Waals surface area contributed by atoms with Gasteiger partial charge >= 0.3 is 0 Å². The lowest BCUT2D eigenvalue weighted by Crippen LogP contribution is -2.15. The molecule has 0 saturated heterocycles. The van der Waals surface area contributed by atoms with Crippen molar-refractivity contribution in [1.82, 2.24) is 14.8 Å². The molecule has 0 atom stereocenters. The molecule has 138 valence electrons. The third-order valence-corrected chi connectivity index (χ3v) is 5.51. The van der Waals surface area contributed by atoms with Crippen molar-refractivity contribution in [2.45, 2.75) is 24.1 Å². The zero-order valence-electron chi connectivity index (χ0n) is 14.7. The van der Waals surface area contributed by atoms with Crippen molar-refractivity contribution in [3.8, 4) is 11.4 Å². The Labute approximate surface area is 161 Å². The van der Waals surface area contributed by atoms with E-state index in [4.69, 9.17) is 17.3 Å². The smallest absolute Gasteiger partial charge is 0.248 e. The van der Waals surface area contributed by atoms with Gasteiger partial charge in [0.1, 0.15) is 11.6 Å². The van der Waals surface area contributed by atoms with Crippen LogP contribution in [0.3, 0.4) is 0 Å². The molecular weight excluding hydrogens is 367 g/mol. The summed E-state index contributed by atoms with van der Waals surface area (Å²) in [7, 11) is 1.91. The van der Waals surface area contributed by atoms with Gasteiger partial charge in [0.05, 0.1) is 5.41 Å². The SMILES string of the molecule is Cn1c(-c2ccc(C(N)=O)cc2CCl)nnc1C1(c2ccc(F)cc2)CC1. The lowest BCUT2D eigenvalue weighted by Gasteiger charge is -2.16. The van der Waals surface area contributed by atoms with Crippen LogP contribution in [0.4, 0.5) is 4.39 Å². The first-order valence-electron chi connectivity index (χ1n) is 8.61. The highest BCUT2D eigenvalue weighted by Crippen LogP contribution is 2.53. The molecule has 1 aromatic heterocycles. The number of aromatic nitrogens is 3. The van der Waals surface area contributed by atoms with Crippen LogP contribution in [0.25, 0.3) is 11.4 Å². The molecule has 1 heterocycles. The summed E-state index contributed by atoms with van der Waals surface area (Å²) in [6.45, 7) is 0. The van der Waals surface area contributed by atoms with Crippen molar-refractivity contribution < 1.29 is 9.18 Å². The molecule has 1 aliphatic carbocycles. The molecular formula is C20H18ClFN4O. The van der Waals surface area contributed by atoms with Gasteiger partial charge in [-0.1, -0.05) is 18.2 Å². The number of benzene rings is 2. The lowest BCUT2D eigenvalue weighted by atomic mass is 9.95. The first-order chi connectivity index (χ1) is 13.0. The number of nitrogens with two attached hydrogens (primary N) is 1. The Hall–Kier alpha value is -2.73. The number of amides is 1. The van der Waals surface area contributed by atoms with Crippen LogP contribution in [0.5, 0.6) is 0 Å². The summed E-state index contributed by atoms with van der Waals surface area (Å²) in [6.07, 6.45) is 1.88. The molecule has 1 fully saturated rings. The van der Waals surface area contributed by atoms with Crippen molar-refractivity contribution in [2.75, 3.05) is 0 Å². The number of primary amides is 1. The monoisotopic (exact) mass is 384 g/mol. The number of alkyl halides is 1. The van der Waals surface area contributed by atoms with Crippen molar-refractivity contribution in [3.05, 3.63) is 70.8 Å². The van der Waals surface area contributed by atoms with Gasteiger partial charge in [0.2, 0.25) is 5.91 Å². The number of rotatable bonds is 5. The summed E-state index contributed by atoms with van der Waals surface area (Å²) >= 11 is 6.09. The fourth-order valence-electron chi connectivity index (χ4n) is 3.59. The second-order valence-corrected chi connectivity index (χ2v) is 7.13. The quantitative estimate of drug-likeness (QED) is 0.684. The van der Waals surface area contributed by atoms with Gasteiger partial charge in [-0.15, -0.1) is 21.8 Å². The Kier molecular flexibility index (Phi) is 4.23. The molecule has 0 aliphatic heterocycles. The standard InChI is InChI=1S/C20H18ClFN4O/c1-26-18(16-7-2-12(17(23)27)10-13(16)11-21)24-25-19(26)20(8-9-20)14-3-5-15(22)6-4-14/h2-7,10H,8-9,11H2,1H3,(H2,23,27). The van der Waals surface area contributed by atoms with Crippen LogP contribution in [0.2, 0.25) is 0 Å². The minimum atomic E-state index is -0.500. The maximum atomic E-state index is 13.3. The summed E-state index contributed by atoms with van der Waals surface area (Å²) < 4.78 is 15.2.